The van der Waals surface area contributed by atoms with Gasteiger partial charge in [0.15, 0.2) is 32.4 Å². The Hall–Kier alpha value is -2.83. The first-order chi connectivity index (χ1) is 16.4. The molecule has 0 unspecified atom stereocenters. The van der Waals surface area contributed by atoms with Crippen molar-refractivity contribution in [3.05, 3.63) is 36.0 Å². The van der Waals surface area contributed by atoms with Gasteiger partial charge in [-0.3, -0.25) is 5.10 Å². The topological polar surface area (TPSA) is 125 Å². The predicted molar refractivity (Wildman–Crippen MR) is 133 cm³/mol. The minimum absolute atomic E-state index is 0.0667. The average Bonchev–Trinajstić information content (AvgIpc) is 3.26. The number of benzene rings is 1. The Morgan fingerprint density at radius 2 is 1.88 bits per heavy atom. The maximum atomic E-state index is 12.1. The maximum Gasteiger partial charge on any atom is 0.205 e. The van der Waals surface area contributed by atoms with Crippen LogP contribution in [0.5, 0.6) is 5.75 Å². The van der Waals surface area contributed by atoms with Crippen LogP contribution in [0.15, 0.2) is 45.3 Å². The van der Waals surface area contributed by atoms with E-state index in [9.17, 15) is 8.42 Å². The van der Waals surface area contributed by atoms with E-state index in [4.69, 9.17) is 14.7 Å². The van der Waals surface area contributed by atoms with Gasteiger partial charge in [-0.25, -0.2) is 18.4 Å². The highest BCUT2D eigenvalue weighted by Gasteiger charge is 2.23. The van der Waals surface area contributed by atoms with Gasteiger partial charge in [-0.2, -0.15) is 5.10 Å². The number of ether oxygens (including phenoxy) is 1. The monoisotopic (exact) mass is 503 g/mol. The van der Waals surface area contributed by atoms with Crippen molar-refractivity contribution < 1.29 is 13.2 Å². The molecule has 0 atom stereocenters. The van der Waals surface area contributed by atoms with Crippen LogP contribution >= 0.6 is 11.8 Å². The molecule has 0 aliphatic carbocycles. The molecule has 0 bridgehead atoms. The zero-order valence-corrected chi connectivity index (χ0v) is 21.1. The number of sulfone groups is 1. The molecule has 3 aromatic rings. The van der Waals surface area contributed by atoms with Crippen LogP contribution in [0.4, 0.5) is 17.5 Å². The van der Waals surface area contributed by atoms with Crippen molar-refractivity contribution in [2.75, 3.05) is 48.8 Å². The van der Waals surface area contributed by atoms with Crippen molar-refractivity contribution in [2.24, 2.45) is 0 Å². The van der Waals surface area contributed by atoms with Crippen LogP contribution in [0.25, 0.3) is 0 Å². The summed E-state index contributed by atoms with van der Waals surface area (Å²) in [5.74, 6) is 2.54. The van der Waals surface area contributed by atoms with Crippen LogP contribution in [0.3, 0.4) is 0 Å². The Bertz CT molecular complexity index is 1220. The SMILES string of the molecule is CCOc1c(Nc2cc(C)[nH]n2)nc(Sc2ccc(S(=O)(=O)CC)cc2)nc1N1CCNCC1. The second kappa shape index (κ2) is 10.6. The van der Waals surface area contributed by atoms with E-state index in [1.165, 1.54) is 11.8 Å². The lowest BCUT2D eigenvalue weighted by Gasteiger charge is -2.30. The Kier molecular flexibility index (Phi) is 7.59. The Balaban J connectivity index is 1.71. The molecule has 34 heavy (non-hydrogen) atoms. The molecule has 12 heteroatoms. The lowest BCUT2D eigenvalue weighted by atomic mass is 10.3. The summed E-state index contributed by atoms with van der Waals surface area (Å²) in [6, 6.07) is 8.70. The molecular formula is C22H29N7O3S2. The molecule has 3 heterocycles. The number of nitrogens with zero attached hydrogens (tertiary/aromatic N) is 4. The fraction of sp³-hybridized carbons (Fsp3) is 0.409. The van der Waals surface area contributed by atoms with Gasteiger partial charge < -0.3 is 20.3 Å². The molecule has 1 fully saturated rings. The van der Waals surface area contributed by atoms with Crippen molar-refractivity contribution in [1.82, 2.24) is 25.5 Å². The summed E-state index contributed by atoms with van der Waals surface area (Å²) in [5, 5.41) is 14.3. The molecule has 182 valence electrons. The van der Waals surface area contributed by atoms with Crippen molar-refractivity contribution in [2.45, 2.75) is 35.7 Å². The lowest BCUT2D eigenvalue weighted by molar-refractivity contribution is 0.338. The quantitative estimate of drug-likeness (QED) is 0.375. The lowest BCUT2D eigenvalue weighted by Crippen LogP contribution is -2.44. The maximum absolute atomic E-state index is 12.1. The average molecular weight is 504 g/mol. The van der Waals surface area contributed by atoms with Crippen LogP contribution in [0.1, 0.15) is 19.5 Å². The van der Waals surface area contributed by atoms with Crippen LogP contribution in [0, 0.1) is 6.92 Å². The first-order valence-corrected chi connectivity index (χ1v) is 13.7. The van der Waals surface area contributed by atoms with E-state index in [-0.39, 0.29) is 5.75 Å². The molecule has 1 aliphatic heterocycles. The summed E-state index contributed by atoms with van der Waals surface area (Å²) in [6.45, 7) is 9.27. The molecule has 0 saturated carbocycles. The van der Waals surface area contributed by atoms with E-state index in [0.717, 1.165) is 42.6 Å². The van der Waals surface area contributed by atoms with Gasteiger partial charge in [-0.1, -0.05) is 6.92 Å². The fourth-order valence-corrected chi connectivity index (χ4v) is 5.14. The number of nitrogens with one attached hydrogen (secondary N) is 3. The molecule has 3 N–H and O–H groups in total. The Morgan fingerprint density at radius 3 is 2.50 bits per heavy atom. The van der Waals surface area contributed by atoms with Crippen LogP contribution in [0.2, 0.25) is 0 Å². The number of aryl methyl sites for hydroxylation is 1. The summed E-state index contributed by atoms with van der Waals surface area (Å²) in [6.07, 6.45) is 0. The fourth-order valence-electron chi connectivity index (χ4n) is 3.51. The zero-order chi connectivity index (χ0) is 24.1. The molecule has 10 nitrogen and oxygen atoms in total. The summed E-state index contributed by atoms with van der Waals surface area (Å²) in [7, 11) is -3.25. The highest BCUT2D eigenvalue weighted by atomic mass is 32.2. The third kappa shape index (κ3) is 5.62. The molecule has 1 saturated heterocycles. The molecule has 2 aromatic heterocycles. The number of H-pyrrole nitrogens is 1. The predicted octanol–water partition coefficient (Wildman–Crippen LogP) is 3.00. The van der Waals surface area contributed by atoms with E-state index in [0.29, 0.717) is 34.0 Å². The van der Waals surface area contributed by atoms with Gasteiger partial charge in [-0.15, -0.1) is 0 Å². The molecule has 0 spiro atoms. The number of anilines is 3. The highest BCUT2D eigenvalue weighted by molar-refractivity contribution is 7.99. The molecule has 0 amide bonds. The van der Waals surface area contributed by atoms with Crippen molar-refractivity contribution in [1.29, 1.82) is 0 Å². The number of piperazine rings is 1. The Morgan fingerprint density at radius 1 is 1.15 bits per heavy atom. The second-order valence-electron chi connectivity index (χ2n) is 7.72. The number of hydrogen-bond acceptors (Lipinski definition) is 10. The van der Waals surface area contributed by atoms with Crippen LogP contribution < -0.4 is 20.3 Å². The summed E-state index contributed by atoms with van der Waals surface area (Å²) >= 11 is 1.37. The molecule has 1 aromatic carbocycles. The number of hydrogen-bond donors (Lipinski definition) is 3. The molecular weight excluding hydrogens is 474 g/mol. The van der Waals surface area contributed by atoms with Gasteiger partial charge >= 0.3 is 0 Å². The van der Waals surface area contributed by atoms with Gasteiger partial charge in [0.05, 0.1) is 17.3 Å². The molecule has 4 rings (SSSR count). The largest absolute Gasteiger partial charge is 0.487 e. The van der Waals surface area contributed by atoms with Crippen LogP contribution in [-0.4, -0.2) is 67.1 Å². The minimum atomic E-state index is -3.25. The van der Waals surface area contributed by atoms with E-state index >= 15 is 0 Å². The van der Waals surface area contributed by atoms with Gasteiger partial charge in [-0.05, 0) is 49.9 Å². The van der Waals surface area contributed by atoms with E-state index < -0.39 is 9.84 Å². The summed E-state index contributed by atoms with van der Waals surface area (Å²) in [5.41, 5.74) is 0.925. The third-order valence-electron chi connectivity index (χ3n) is 5.26. The number of aromatic nitrogens is 4. The van der Waals surface area contributed by atoms with E-state index in [2.05, 4.69) is 25.7 Å². The highest BCUT2D eigenvalue weighted by Crippen LogP contribution is 2.38. The zero-order valence-electron chi connectivity index (χ0n) is 19.5. The summed E-state index contributed by atoms with van der Waals surface area (Å²) in [4.78, 5) is 12.9. The second-order valence-corrected chi connectivity index (χ2v) is 11.0. The van der Waals surface area contributed by atoms with Gasteiger partial charge in [0.1, 0.15) is 0 Å². The normalized spacial score (nSPS) is 14.3. The van der Waals surface area contributed by atoms with Crippen molar-refractivity contribution in [3.63, 3.8) is 0 Å². The Labute approximate surface area is 203 Å². The van der Waals surface area contributed by atoms with Crippen molar-refractivity contribution in [3.8, 4) is 5.75 Å². The summed E-state index contributed by atoms with van der Waals surface area (Å²) < 4.78 is 30.3. The third-order valence-corrected chi connectivity index (χ3v) is 7.88. The first kappa shape index (κ1) is 24.3. The van der Waals surface area contributed by atoms with Gasteiger partial charge in [0, 0.05) is 42.8 Å². The van der Waals surface area contributed by atoms with Gasteiger partial charge in [0.2, 0.25) is 5.75 Å². The van der Waals surface area contributed by atoms with Gasteiger partial charge in [0.25, 0.3) is 0 Å². The van der Waals surface area contributed by atoms with Crippen molar-refractivity contribution >= 4 is 39.1 Å². The standard InChI is InChI=1S/C22H29N7O3S2/c1-4-32-19-20(24-18-14-15(3)27-28-18)25-22(26-21(19)29-12-10-23-11-13-29)33-16-6-8-17(9-7-16)34(30,31)5-2/h6-9,14,23H,4-5,10-13H2,1-3H3,(H2,24,25,26,27,28). The van der Waals surface area contributed by atoms with E-state index in [1.54, 1.807) is 31.2 Å². The number of rotatable bonds is 9. The van der Waals surface area contributed by atoms with Crippen LogP contribution in [-0.2, 0) is 9.84 Å². The first-order valence-electron chi connectivity index (χ1n) is 11.2. The van der Waals surface area contributed by atoms with E-state index in [1.807, 2.05) is 19.9 Å². The minimum Gasteiger partial charge on any atom is -0.487 e. The molecule has 1 aliphatic rings. The number of aromatic amines is 1. The molecule has 0 radical (unpaired) electrons. The smallest absolute Gasteiger partial charge is 0.205 e.